The van der Waals surface area contributed by atoms with Crippen LogP contribution in [0, 0.1) is 0 Å². The first-order valence-electron chi connectivity index (χ1n) is 8.25. The van der Waals surface area contributed by atoms with Gasteiger partial charge in [-0.25, -0.2) is 0 Å². The molecule has 0 spiro atoms. The van der Waals surface area contributed by atoms with E-state index in [-0.39, 0.29) is 0 Å². The molecule has 0 atom stereocenters. The number of likely N-dealkylation sites (tertiary alicyclic amines) is 1. The lowest BCUT2D eigenvalue weighted by molar-refractivity contribution is 0.0529. The predicted molar refractivity (Wildman–Crippen MR) is 84.8 cm³/mol. The van der Waals surface area contributed by atoms with Crippen LogP contribution in [0.25, 0.3) is 0 Å². The Morgan fingerprint density at radius 3 is 1.79 bits per heavy atom. The monoisotopic (exact) mass is 269 g/mol. The van der Waals surface area contributed by atoms with Gasteiger partial charge in [0.15, 0.2) is 0 Å². The number of hydrogen-bond acceptors (Lipinski definition) is 3. The molecular formula is C16H35N3. The zero-order chi connectivity index (χ0) is 14.3. The molecule has 2 aliphatic heterocycles. The summed E-state index contributed by atoms with van der Waals surface area (Å²) in [6.45, 7) is 16.5. The lowest BCUT2D eigenvalue weighted by Crippen LogP contribution is -2.54. The van der Waals surface area contributed by atoms with Crippen molar-refractivity contribution in [1.29, 1.82) is 0 Å². The lowest BCUT2D eigenvalue weighted by atomic mass is 10.0. The van der Waals surface area contributed by atoms with E-state index in [9.17, 15) is 0 Å². The van der Waals surface area contributed by atoms with Gasteiger partial charge in [0.05, 0.1) is 0 Å². The number of nitrogens with zero attached hydrogens (tertiary/aromatic N) is 3. The second-order valence-electron chi connectivity index (χ2n) is 6.41. The summed E-state index contributed by atoms with van der Waals surface area (Å²) in [6.07, 6.45) is 4.00. The highest BCUT2D eigenvalue weighted by atomic mass is 15.3. The highest BCUT2D eigenvalue weighted by Crippen LogP contribution is 2.17. The van der Waals surface area contributed by atoms with Gasteiger partial charge in [0.2, 0.25) is 0 Å². The molecule has 0 aromatic carbocycles. The van der Waals surface area contributed by atoms with E-state index in [0.29, 0.717) is 0 Å². The fourth-order valence-electron chi connectivity index (χ4n) is 2.98. The van der Waals surface area contributed by atoms with Crippen LogP contribution in [-0.2, 0) is 0 Å². The van der Waals surface area contributed by atoms with Crippen molar-refractivity contribution in [3.8, 4) is 0 Å². The Morgan fingerprint density at radius 2 is 1.37 bits per heavy atom. The molecule has 3 heteroatoms. The summed E-state index contributed by atoms with van der Waals surface area (Å²) < 4.78 is 0. The van der Waals surface area contributed by atoms with Crippen LogP contribution in [0.3, 0.4) is 0 Å². The Labute approximate surface area is 120 Å². The summed E-state index contributed by atoms with van der Waals surface area (Å²) in [5, 5.41) is 0. The van der Waals surface area contributed by atoms with E-state index in [4.69, 9.17) is 0 Å². The van der Waals surface area contributed by atoms with Gasteiger partial charge in [-0.3, -0.25) is 9.80 Å². The van der Waals surface area contributed by atoms with Crippen molar-refractivity contribution in [1.82, 2.24) is 14.7 Å². The Kier molecular flexibility index (Phi) is 7.96. The second-order valence-corrected chi connectivity index (χ2v) is 6.41. The van der Waals surface area contributed by atoms with Crippen LogP contribution in [0.4, 0.5) is 0 Å². The van der Waals surface area contributed by atoms with Gasteiger partial charge in [0.1, 0.15) is 0 Å². The molecule has 2 aliphatic rings. The quantitative estimate of drug-likeness (QED) is 0.763. The van der Waals surface area contributed by atoms with Crippen molar-refractivity contribution < 1.29 is 0 Å². The molecule has 2 fully saturated rings. The van der Waals surface area contributed by atoms with Crippen molar-refractivity contribution in [2.75, 3.05) is 46.3 Å². The van der Waals surface area contributed by atoms with E-state index in [1.807, 2.05) is 0 Å². The Morgan fingerprint density at radius 1 is 0.895 bits per heavy atom. The summed E-state index contributed by atoms with van der Waals surface area (Å²) in [4.78, 5) is 7.79. The normalized spacial score (nSPS) is 24.3. The van der Waals surface area contributed by atoms with E-state index < -0.39 is 0 Å². The van der Waals surface area contributed by atoms with Gasteiger partial charge in [-0.2, -0.15) is 0 Å². The van der Waals surface area contributed by atoms with Gasteiger partial charge in [0, 0.05) is 38.3 Å². The molecule has 0 aromatic heterocycles. The molecule has 0 aliphatic carbocycles. The molecule has 19 heavy (non-hydrogen) atoms. The average molecular weight is 269 g/mol. The van der Waals surface area contributed by atoms with Crippen molar-refractivity contribution in [3.05, 3.63) is 0 Å². The van der Waals surface area contributed by atoms with Crippen LogP contribution < -0.4 is 0 Å². The van der Waals surface area contributed by atoms with E-state index in [0.717, 1.165) is 12.1 Å². The van der Waals surface area contributed by atoms with E-state index in [1.165, 1.54) is 58.5 Å². The largest absolute Gasteiger partial charge is 0.306 e. The van der Waals surface area contributed by atoms with Crippen LogP contribution in [0.2, 0.25) is 0 Å². The minimum atomic E-state index is 0.722. The summed E-state index contributed by atoms with van der Waals surface area (Å²) in [5.74, 6) is 0. The Hall–Kier alpha value is -0.120. The molecule has 0 unspecified atom stereocenters. The molecule has 114 valence electrons. The highest BCUT2D eigenvalue weighted by Gasteiger charge is 2.26. The zero-order valence-electron chi connectivity index (χ0n) is 13.9. The second kappa shape index (κ2) is 8.93. The van der Waals surface area contributed by atoms with Gasteiger partial charge in [-0.15, -0.1) is 0 Å². The van der Waals surface area contributed by atoms with E-state index in [1.54, 1.807) is 0 Å². The van der Waals surface area contributed by atoms with Gasteiger partial charge < -0.3 is 4.90 Å². The summed E-state index contributed by atoms with van der Waals surface area (Å²) in [7, 11) is 2.24. The molecule has 2 saturated heterocycles. The Bertz CT molecular complexity index is 214. The highest BCUT2D eigenvalue weighted by molar-refractivity contribution is 4.83. The van der Waals surface area contributed by atoms with Crippen molar-refractivity contribution in [3.63, 3.8) is 0 Å². The molecule has 0 saturated carbocycles. The first-order chi connectivity index (χ1) is 9.08. The zero-order valence-corrected chi connectivity index (χ0v) is 13.9. The molecule has 0 radical (unpaired) electrons. The number of piperidine rings is 1. The lowest BCUT2D eigenvalue weighted by Gasteiger charge is -2.43. The van der Waals surface area contributed by atoms with Crippen LogP contribution in [0.1, 0.15) is 47.0 Å². The fourth-order valence-corrected chi connectivity index (χ4v) is 2.98. The first-order valence-corrected chi connectivity index (χ1v) is 8.25. The summed E-state index contributed by atoms with van der Waals surface area (Å²) in [5.41, 5.74) is 0. The third-order valence-electron chi connectivity index (χ3n) is 4.28. The average Bonchev–Trinajstić information content (AvgIpc) is 2.41. The number of hydrogen-bond donors (Lipinski definition) is 0. The standard InChI is InChI=1S/C13H27N3.C3H8/c1-12(2)15-8-10-16(11-9-15)13-4-6-14(3)7-5-13;1-3-2/h12-13H,4-11H2,1-3H3;3H2,1-2H3. The molecule has 3 nitrogen and oxygen atoms in total. The SMILES string of the molecule is CC(C)N1CCN(C2CCN(C)CC2)CC1.CCC. The van der Waals surface area contributed by atoms with Crippen molar-refractivity contribution in [2.24, 2.45) is 0 Å². The topological polar surface area (TPSA) is 9.72 Å². The third kappa shape index (κ3) is 5.80. The number of piperazine rings is 1. The minimum absolute atomic E-state index is 0.722. The molecule has 0 amide bonds. The molecule has 0 N–H and O–H groups in total. The number of rotatable bonds is 2. The van der Waals surface area contributed by atoms with Crippen LogP contribution >= 0.6 is 0 Å². The van der Waals surface area contributed by atoms with Crippen LogP contribution in [0.5, 0.6) is 0 Å². The Balaban J connectivity index is 0.000000550. The van der Waals surface area contributed by atoms with Crippen molar-refractivity contribution in [2.45, 2.75) is 59.0 Å². The van der Waals surface area contributed by atoms with Gasteiger partial charge in [0.25, 0.3) is 0 Å². The first kappa shape index (κ1) is 16.9. The van der Waals surface area contributed by atoms with E-state index in [2.05, 4.69) is 49.4 Å². The maximum atomic E-state index is 2.73. The predicted octanol–water partition coefficient (Wildman–Crippen LogP) is 2.52. The molecule has 2 heterocycles. The van der Waals surface area contributed by atoms with E-state index >= 15 is 0 Å². The minimum Gasteiger partial charge on any atom is -0.306 e. The van der Waals surface area contributed by atoms with Gasteiger partial charge >= 0.3 is 0 Å². The maximum Gasteiger partial charge on any atom is 0.0121 e. The smallest absolute Gasteiger partial charge is 0.0121 e. The third-order valence-corrected chi connectivity index (χ3v) is 4.28. The van der Waals surface area contributed by atoms with Crippen molar-refractivity contribution >= 4 is 0 Å². The summed E-state index contributed by atoms with van der Waals surface area (Å²) >= 11 is 0. The fraction of sp³-hybridized carbons (Fsp3) is 1.00. The van der Waals surface area contributed by atoms with Gasteiger partial charge in [-0.1, -0.05) is 20.3 Å². The molecular weight excluding hydrogens is 234 g/mol. The molecule has 0 aromatic rings. The maximum absolute atomic E-state index is 2.73. The summed E-state index contributed by atoms with van der Waals surface area (Å²) in [6, 6.07) is 1.59. The van der Waals surface area contributed by atoms with Gasteiger partial charge in [-0.05, 0) is 46.8 Å². The van der Waals surface area contributed by atoms with Crippen LogP contribution in [-0.4, -0.2) is 73.1 Å². The van der Waals surface area contributed by atoms with Crippen LogP contribution in [0.15, 0.2) is 0 Å². The molecule has 2 rings (SSSR count). The molecule has 0 bridgehead atoms.